The van der Waals surface area contributed by atoms with Gasteiger partial charge in [0, 0.05) is 57.5 Å². The van der Waals surface area contributed by atoms with Crippen LogP contribution in [0.4, 0.5) is 26.3 Å². The van der Waals surface area contributed by atoms with Crippen LogP contribution in [0.2, 0.25) is 10.0 Å². The van der Waals surface area contributed by atoms with Gasteiger partial charge in [-0.3, -0.25) is 28.8 Å². The molecule has 2 aliphatic rings. The van der Waals surface area contributed by atoms with E-state index in [9.17, 15) is 55.1 Å². The number of alkyl halides is 6. The summed E-state index contributed by atoms with van der Waals surface area (Å²) in [4.78, 5) is 80.4. The molecule has 6 aromatic rings. The van der Waals surface area contributed by atoms with Crippen LogP contribution in [0.1, 0.15) is 169 Å². The molecule has 12 nitrogen and oxygen atoms in total. The van der Waals surface area contributed by atoms with Crippen LogP contribution in [-0.4, -0.2) is 57.3 Å². The van der Waals surface area contributed by atoms with Crippen molar-refractivity contribution in [1.82, 2.24) is 9.97 Å². The predicted molar refractivity (Wildman–Crippen MR) is 289 cm³/mol. The summed E-state index contributed by atoms with van der Waals surface area (Å²) in [5.41, 5.74) is 2.68. The van der Waals surface area contributed by atoms with Crippen LogP contribution in [0.3, 0.4) is 0 Å². The maximum absolute atomic E-state index is 13.6. The minimum absolute atomic E-state index is 0. The maximum atomic E-state index is 13.6. The maximum Gasteiger partial charge on any atom is 0.452 e. The molecule has 21 heteroatoms. The second-order valence-corrected chi connectivity index (χ2v) is 21.4. The van der Waals surface area contributed by atoms with E-state index in [4.69, 9.17) is 41.9 Å². The number of hydrogen-bond donors (Lipinski definition) is 1. The summed E-state index contributed by atoms with van der Waals surface area (Å²) in [6.45, 7) is 0. The zero-order valence-electron chi connectivity index (χ0n) is 44.7. The van der Waals surface area contributed by atoms with E-state index >= 15 is 0 Å². The Hall–Kier alpha value is -7.01. The van der Waals surface area contributed by atoms with Gasteiger partial charge in [0.05, 0.1) is 28.3 Å². The molecule has 2 heterocycles. The summed E-state index contributed by atoms with van der Waals surface area (Å²) in [6, 6.07) is 27.9. The van der Waals surface area contributed by atoms with E-state index in [-0.39, 0.29) is 114 Å². The number of methoxy groups -OCH3 is 1. The monoisotopic (exact) mass is 1180 g/mol. The summed E-state index contributed by atoms with van der Waals surface area (Å²) < 4.78 is 95.9. The summed E-state index contributed by atoms with van der Waals surface area (Å²) in [6.07, 6.45) is -1.54. The summed E-state index contributed by atoms with van der Waals surface area (Å²) >= 11 is 12.1. The first-order chi connectivity index (χ1) is 38.6. The molecule has 0 radical (unpaired) electrons. The van der Waals surface area contributed by atoms with E-state index in [1.165, 1.54) is 42.5 Å². The Morgan fingerprint density at radius 2 is 0.915 bits per heavy atom. The van der Waals surface area contributed by atoms with Gasteiger partial charge >= 0.3 is 24.3 Å². The molecule has 2 saturated carbocycles. The van der Waals surface area contributed by atoms with Gasteiger partial charge in [-0.15, -0.1) is 0 Å². The second-order valence-electron chi connectivity index (χ2n) is 20.6. The Balaban J connectivity index is 0.000000261. The average Bonchev–Trinajstić information content (AvgIpc) is 4.29. The largest absolute Gasteiger partial charge is 0.481 e. The number of hydrogen-bond acceptors (Lipinski definition) is 11. The summed E-state index contributed by atoms with van der Waals surface area (Å²) in [5, 5.41) is 9.26. The van der Waals surface area contributed by atoms with Crippen LogP contribution < -0.4 is 0 Å². The fourth-order valence-corrected chi connectivity index (χ4v) is 10.9. The van der Waals surface area contributed by atoms with Crippen molar-refractivity contribution in [3.8, 4) is 22.9 Å². The van der Waals surface area contributed by atoms with Crippen molar-refractivity contribution in [3.05, 3.63) is 152 Å². The van der Waals surface area contributed by atoms with E-state index in [1.54, 1.807) is 24.3 Å². The number of carboxylic acids is 1. The molecule has 0 unspecified atom stereocenters. The number of rotatable bonds is 22. The number of ether oxygens (including phenoxy) is 1. The van der Waals surface area contributed by atoms with Gasteiger partial charge in [0.1, 0.15) is 11.6 Å². The number of carboxylic acid groups (broad SMARTS) is 1. The molecule has 8 rings (SSSR count). The van der Waals surface area contributed by atoms with Gasteiger partial charge in [-0.2, -0.15) is 26.3 Å². The molecule has 4 aromatic carbocycles. The molecule has 0 amide bonds. The fourth-order valence-electron chi connectivity index (χ4n) is 10.4. The SMILES string of the molecule is COC(=O)CC1CCC(c2ccc(CC(=O)CCCC(=O)c3nc(-c4ccccc4Cl)oc3C(F)(F)F)cc2)CC1.O=C(O)CC1CCC(c2ccc(CC(=O)CCCC(=O)c3nc(-c4ccccc4Cl)oc3C(F)(F)F)cc2)CC1.[Ne]. The summed E-state index contributed by atoms with van der Waals surface area (Å²) in [7, 11) is 1.41. The number of carbonyl (C=O) groups is 6. The van der Waals surface area contributed by atoms with Crippen molar-refractivity contribution in [1.29, 1.82) is 0 Å². The summed E-state index contributed by atoms with van der Waals surface area (Å²) in [5.74, 6) is -5.22. The first kappa shape index (κ1) is 64.2. The molecule has 2 fully saturated rings. The Morgan fingerprint density at radius 1 is 0.549 bits per heavy atom. The van der Waals surface area contributed by atoms with E-state index < -0.39 is 58.7 Å². The number of halogens is 8. The predicted octanol–water partition coefficient (Wildman–Crippen LogP) is 15.9. The third kappa shape index (κ3) is 18.0. The second kappa shape index (κ2) is 29.3. The molecule has 1 N–H and O–H groups in total. The van der Waals surface area contributed by atoms with Gasteiger partial charge in [-0.1, -0.05) is 96.0 Å². The number of esters is 1. The minimum atomic E-state index is -4.92. The number of nitrogens with zero attached hydrogens (tertiary/aromatic N) is 2. The number of aromatic nitrogens is 2. The molecule has 0 saturated heterocycles. The third-order valence-electron chi connectivity index (χ3n) is 14.8. The first-order valence-corrected chi connectivity index (χ1v) is 27.5. The van der Waals surface area contributed by atoms with Crippen molar-refractivity contribution in [3.63, 3.8) is 0 Å². The van der Waals surface area contributed by atoms with E-state index in [0.717, 1.165) is 62.5 Å². The first-order valence-electron chi connectivity index (χ1n) is 26.8. The third-order valence-corrected chi connectivity index (χ3v) is 15.4. The van der Waals surface area contributed by atoms with E-state index in [1.807, 2.05) is 48.5 Å². The zero-order valence-corrected chi connectivity index (χ0v) is 46.2. The number of aliphatic carboxylic acids is 1. The van der Waals surface area contributed by atoms with E-state index in [0.29, 0.717) is 24.2 Å². The van der Waals surface area contributed by atoms with Crippen molar-refractivity contribution >= 4 is 58.3 Å². The number of carbonyl (C=O) groups excluding carboxylic acids is 5. The quantitative estimate of drug-likeness (QED) is 0.0386. The van der Waals surface area contributed by atoms with Crippen LogP contribution in [-0.2, 0) is 49.1 Å². The Labute approximate surface area is 480 Å². The van der Waals surface area contributed by atoms with Crippen molar-refractivity contribution in [2.24, 2.45) is 11.8 Å². The molecule has 2 aliphatic carbocycles. The number of Topliss-reactive ketones (excluding diaryl/α,β-unsaturated/α-hetero) is 4. The Kier molecular flexibility index (Phi) is 22.9. The van der Waals surface area contributed by atoms with Crippen LogP contribution in [0.25, 0.3) is 22.9 Å². The molecular weight excluding hydrogens is 1130 g/mol. The number of ketones is 4. The van der Waals surface area contributed by atoms with Crippen LogP contribution >= 0.6 is 23.2 Å². The number of oxazole rings is 2. The van der Waals surface area contributed by atoms with Gasteiger partial charge in [-0.25, -0.2) is 9.97 Å². The normalized spacial score (nSPS) is 17.2. The topological polar surface area (TPSA) is 184 Å². The van der Waals surface area contributed by atoms with Crippen molar-refractivity contribution < 1.29 is 79.9 Å². The zero-order chi connectivity index (χ0) is 58.4. The van der Waals surface area contributed by atoms with Gasteiger partial charge in [0.15, 0.2) is 23.0 Å². The van der Waals surface area contributed by atoms with Crippen LogP contribution in [0.15, 0.2) is 106 Å². The standard InChI is InChI=1S/C31H31ClF3NO5.C30H29ClF3NO5.Ne/c1-40-27(39)18-20-11-15-22(16-12-20)21-13-9-19(10-14-21)17-23(37)5-4-8-26(38)28-29(31(33,34)35)41-30(36-28)24-6-2-3-7-25(24)32;31-24-6-2-1-5-23(24)29-35-27(28(40-29)30(32,33)34)25(37)7-3-4-22(36)16-18-8-12-20(13-9-18)21-14-10-19(11-15-21)17-26(38)39;/h2-3,6-7,9-10,13-14,20,22H,4-5,8,11-12,15-18H2,1H3;1-2,5-6,8-9,12-13,19,21H,3-4,7,10-11,14-17H2,(H,38,39);. The van der Waals surface area contributed by atoms with Gasteiger partial charge in [0.25, 0.3) is 0 Å². The van der Waals surface area contributed by atoms with Gasteiger partial charge in [0.2, 0.25) is 23.3 Å². The van der Waals surface area contributed by atoms with Crippen molar-refractivity contribution in [2.75, 3.05) is 7.11 Å². The van der Waals surface area contributed by atoms with Crippen LogP contribution in [0.5, 0.6) is 0 Å². The molecule has 0 bridgehead atoms. The Morgan fingerprint density at radius 3 is 1.26 bits per heavy atom. The molecule has 0 spiro atoms. The average molecular weight is 1190 g/mol. The van der Waals surface area contributed by atoms with Crippen molar-refractivity contribution in [2.45, 2.75) is 140 Å². The fraction of sp³-hybridized carbons (Fsp3) is 0.410. The number of benzene rings is 4. The van der Waals surface area contributed by atoms with Crippen LogP contribution in [0, 0.1) is 18.0 Å². The van der Waals surface area contributed by atoms with Gasteiger partial charge in [-0.05, 0) is 134 Å². The Bertz CT molecular complexity index is 3160. The molecule has 82 heavy (non-hydrogen) atoms. The van der Waals surface area contributed by atoms with Gasteiger partial charge < -0.3 is 18.7 Å². The molecule has 2 aromatic heterocycles. The smallest absolute Gasteiger partial charge is 0.452 e. The van der Waals surface area contributed by atoms with E-state index in [2.05, 4.69) is 9.97 Å². The molecular formula is C61H60Cl2F6N2NeO10. The molecule has 0 atom stereocenters. The minimum Gasteiger partial charge on any atom is -0.481 e. The molecule has 438 valence electrons. The molecule has 0 aliphatic heterocycles.